The lowest BCUT2D eigenvalue weighted by Crippen LogP contribution is -2.45. The summed E-state index contributed by atoms with van der Waals surface area (Å²) in [6, 6.07) is 13.9. The number of carbonyl (C=O) groups excluding carboxylic acids is 3. The first-order chi connectivity index (χ1) is 13.0. The average molecular weight is 432 g/mol. The molecule has 8 heteroatoms. The van der Waals surface area contributed by atoms with Crippen molar-refractivity contribution in [3.05, 3.63) is 58.6 Å². The Morgan fingerprint density at radius 3 is 2.48 bits per heavy atom. The third kappa shape index (κ3) is 4.28. The first kappa shape index (κ1) is 18.9. The van der Waals surface area contributed by atoms with Crippen LogP contribution in [0.5, 0.6) is 5.75 Å². The van der Waals surface area contributed by atoms with E-state index in [0.29, 0.717) is 21.5 Å². The number of halogens is 1. The number of anilines is 1. The molecular formula is C19H18BrN3O4. The zero-order valence-electron chi connectivity index (χ0n) is 14.6. The summed E-state index contributed by atoms with van der Waals surface area (Å²) in [6.07, 6.45) is 0.0861. The number of hydrogen-bond acceptors (Lipinski definition) is 4. The molecule has 2 aromatic rings. The molecule has 0 aliphatic carbocycles. The molecule has 140 valence electrons. The van der Waals surface area contributed by atoms with E-state index in [9.17, 15) is 14.4 Å². The maximum atomic E-state index is 12.4. The number of nitrogens with zero attached hydrogens (tertiary/aromatic N) is 1. The summed E-state index contributed by atoms with van der Waals surface area (Å²) in [6.45, 7) is 0.252. The van der Waals surface area contributed by atoms with Crippen molar-refractivity contribution in [2.75, 3.05) is 18.6 Å². The number of rotatable bonds is 4. The Labute approximate surface area is 164 Å². The van der Waals surface area contributed by atoms with Gasteiger partial charge in [0.05, 0.1) is 18.6 Å². The molecule has 2 aromatic carbocycles. The van der Waals surface area contributed by atoms with Crippen molar-refractivity contribution >= 4 is 39.3 Å². The molecule has 1 atom stereocenters. The van der Waals surface area contributed by atoms with Crippen LogP contribution in [0.25, 0.3) is 0 Å². The van der Waals surface area contributed by atoms with Crippen LogP contribution in [0.1, 0.15) is 16.8 Å². The van der Waals surface area contributed by atoms with Crippen LogP contribution in [-0.4, -0.2) is 31.4 Å². The van der Waals surface area contributed by atoms with E-state index in [4.69, 9.17) is 4.74 Å². The van der Waals surface area contributed by atoms with Crippen LogP contribution in [0, 0.1) is 5.92 Å². The third-order valence-electron chi connectivity index (χ3n) is 4.30. The molecule has 0 aromatic heterocycles. The molecule has 1 saturated heterocycles. The van der Waals surface area contributed by atoms with Gasteiger partial charge in [-0.25, -0.2) is 0 Å². The summed E-state index contributed by atoms with van der Waals surface area (Å²) in [5.41, 5.74) is 5.89. The number of methoxy groups -OCH3 is 1. The quantitative estimate of drug-likeness (QED) is 0.726. The van der Waals surface area contributed by atoms with Crippen molar-refractivity contribution in [2.24, 2.45) is 5.92 Å². The van der Waals surface area contributed by atoms with E-state index < -0.39 is 17.7 Å². The van der Waals surface area contributed by atoms with Gasteiger partial charge in [-0.1, -0.05) is 12.1 Å². The Balaban J connectivity index is 1.58. The van der Waals surface area contributed by atoms with Gasteiger partial charge in [0.25, 0.3) is 5.91 Å². The number of amides is 3. The second-order valence-corrected chi connectivity index (χ2v) is 6.88. The molecule has 3 amide bonds. The van der Waals surface area contributed by atoms with Gasteiger partial charge in [0.2, 0.25) is 11.8 Å². The Hall–Kier alpha value is -2.87. The minimum Gasteiger partial charge on any atom is -0.497 e. The average Bonchev–Trinajstić information content (AvgIpc) is 3.08. The van der Waals surface area contributed by atoms with Crippen LogP contribution >= 0.6 is 15.9 Å². The zero-order chi connectivity index (χ0) is 19.4. The summed E-state index contributed by atoms with van der Waals surface area (Å²) in [5, 5.41) is 0. The highest BCUT2D eigenvalue weighted by molar-refractivity contribution is 9.10. The molecule has 0 radical (unpaired) electrons. The maximum absolute atomic E-state index is 12.4. The van der Waals surface area contributed by atoms with Crippen LogP contribution in [-0.2, 0) is 9.59 Å². The molecule has 0 saturated carbocycles. The largest absolute Gasteiger partial charge is 0.497 e. The van der Waals surface area contributed by atoms with E-state index in [-0.39, 0.29) is 18.9 Å². The van der Waals surface area contributed by atoms with Gasteiger partial charge in [-0.15, -0.1) is 0 Å². The second kappa shape index (κ2) is 8.22. The van der Waals surface area contributed by atoms with Gasteiger partial charge < -0.3 is 9.64 Å². The highest BCUT2D eigenvalue weighted by atomic mass is 79.9. The van der Waals surface area contributed by atoms with Crippen molar-refractivity contribution in [2.45, 2.75) is 6.42 Å². The van der Waals surface area contributed by atoms with Gasteiger partial charge in [0, 0.05) is 23.1 Å². The van der Waals surface area contributed by atoms with E-state index in [1.165, 1.54) is 0 Å². The molecular weight excluding hydrogens is 414 g/mol. The number of hydrogen-bond donors (Lipinski definition) is 2. The lowest BCUT2D eigenvalue weighted by Gasteiger charge is -2.17. The molecule has 3 rings (SSSR count). The first-order valence-electron chi connectivity index (χ1n) is 8.28. The fraction of sp³-hybridized carbons (Fsp3) is 0.211. The molecule has 7 nitrogen and oxygen atoms in total. The summed E-state index contributed by atoms with van der Waals surface area (Å²) in [7, 11) is 1.57. The fourth-order valence-corrected chi connectivity index (χ4v) is 3.29. The Kier molecular flexibility index (Phi) is 5.75. The predicted molar refractivity (Wildman–Crippen MR) is 103 cm³/mol. The monoisotopic (exact) mass is 431 g/mol. The summed E-state index contributed by atoms with van der Waals surface area (Å²) in [5.74, 6) is -0.835. The number of ether oxygens (including phenoxy) is 1. The minimum absolute atomic E-state index is 0.0861. The van der Waals surface area contributed by atoms with Gasteiger partial charge in [-0.05, 0) is 52.3 Å². The van der Waals surface area contributed by atoms with Gasteiger partial charge >= 0.3 is 0 Å². The summed E-state index contributed by atoms with van der Waals surface area (Å²) < 4.78 is 5.73. The third-order valence-corrected chi connectivity index (χ3v) is 4.99. The van der Waals surface area contributed by atoms with Crippen molar-refractivity contribution in [1.29, 1.82) is 0 Å². The number of hydrazine groups is 1. The van der Waals surface area contributed by atoms with E-state index >= 15 is 0 Å². The maximum Gasteiger partial charge on any atom is 0.270 e. The van der Waals surface area contributed by atoms with Crippen LogP contribution in [0.15, 0.2) is 53.0 Å². The van der Waals surface area contributed by atoms with Crippen molar-refractivity contribution in [1.82, 2.24) is 10.9 Å². The van der Waals surface area contributed by atoms with Crippen LogP contribution in [0.4, 0.5) is 5.69 Å². The molecule has 27 heavy (non-hydrogen) atoms. The van der Waals surface area contributed by atoms with Crippen LogP contribution in [0.3, 0.4) is 0 Å². The van der Waals surface area contributed by atoms with Crippen LogP contribution < -0.4 is 20.5 Å². The Morgan fingerprint density at radius 1 is 1.11 bits per heavy atom. The lowest BCUT2D eigenvalue weighted by atomic mass is 10.1. The van der Waals surface area contributed by atoms with Gasteiger partial charge in [-0.2, -0.15) is 0 Å². The Bertz CT molecular complexity index is 870. The normalized spacial score (nSPS) is 16.1. The SMILES string of the molecule is COc1ccc(N2C[C@H](C(=O)NNC(=O)c3ccccc3Br)CC2=O)cc1. The molecule has 1 aliphatic heterocycles. The highest BCUT2D eigenvalue weighted by Crippen LogP contribution is 2.26. The standard InChI is InChI=1S/C19H18BrN3O4/c1-27-14-8-6-13(7-9-14)23-11-12(10-17(23)24)18(25)21-22-19(26)15-4-2-3-5-16(15)20/h2-9,12H,10-11H2,1H3,(H,21,25)(H,22,26)/t12-/m1/s1. The molecule has 1 heterocycles. The van der Waals surface area contributed by atoms with Crippen LogP contribution in [0.2, 0.25) is 0 Å². The number of benzene rings is 2. The first-order valence-corrected chi connectivity index (χ1v) is 9.08. The summed E-state index contributed by atoms with van der Waals surface area (Å²) in [4.78, 5) is 38.3. The molecule has 0 unspecified atom stereocenters. The molecule has 1 fully saturated rings. The van der Waals surface area contributed by atoms with Gasteiger partial charge in [0.15, 0.2) is 0 Å². The van der Waals surface area contributed by atoms with Gasteiger partial charge in [-0.3, -0.25) is 25.2 Å². The predicted octanol–water partition coefficient (Wildman–Crippen LogP) is 2.27. The summed E-state index contributed by atoms with van der Waals surface area (Å²) >= 11 is 3.29. The topological polar surface area (TPSA) is 87.7 Å². The molecule has 0 bridgehead atoms. The Morgan fingerprint density at radius 2 is 1.81 bits per heavy atom. The highest BCUT2D eigenvalue weighted by Gasteiger charge is 2.35. The van der Waals surface area contributed by atoms with E-state index in [0.717, 1.165) is 0 Å². The van der Waals surface area contributed by atoms with Crippen molar-refractivity contribution < 1.29 is 19.1 Å². The van der Waals surface area contributed by atoms with E-state index in [2.05, 4.69) is 26.8 Å². The second-order valence-electron chi connectivity index (χ2n) is 6.03. The van der Waals surface area contributed by atoms with E-state index in [1.54, 1.807) is 60.5 Å². The van der Waals surface area contributed by atoms with Crippen molar-refractivity contribution in [3.63, 3.8) is 0 Å². The number of carbonyl (C=O) groups is 3. The fourth-order valence-electron chi connectivity index (χ4n) is 2.83. The molecule has 1 aliphatic rings. The molecule has 0 spiro atoms. The zero-order valence-corrected chi connectivity index (χ0v) is 16.2. The van der Waals surface area contributed by atoms with Gasteiger partial charge in [0.1, 0.15) is 5.75 Å². The smallest absolute Gasteiger partial charge is 0.270 e. The van der Waals surface area contributed by atoms with E-state index in [1.807, 2.05) is 0 Å². The van der Waals surface area contributed by atoms with Crippen molar-refractivity contribution in [3.8, 4) is 5.75 Å². The molecule has 2 N–H and O–H groups in total. The number of nitrogens with one attached hydrogen (secondary N) is 2. The lowest BCUT2D eigenvalue weighted by molar-refractivity contribution is -0.126. The minimum atomic E-state index is -0.542.